The summed E-state index contributed by atoms with van der Waals surface area (Å²) in [6, 6.07) is 26.8. The normalized spacial score (nSPS) is 16.4. The van der Waals surface area contributed by atoms with Crippen LogP contribution in [0.3, 0.4) is 0 Å². The molecule has 0 fully saturated rings. The van der Waals surface area contributed by atoms with Crippen molar-refractivity contribution < 1.29 is 120 Å². The second-order valence-corrected chi connectivity index (χ2v) is 29.9. The summed E-state index contributed by atoms with van der Waals surface area (Å²) in [5, 5.41) is 82.6. The zero-order valence-corrected chi connectivity index (χ0v) is 74.6. The Balaban J connectivity index is 0.000000167. The third-order valence-corrected chi connectivity index (χ3v) is 21.8. The maximum atomic E-state index is 12.7. The minimum atomic E-state index is -1.72. The van der Waals surface area contributed by atoms with E-state index in [0.717, 1.165) is 30.3 Å². The van der Waals surface area contributed by atoms with E-state index in [1.165, 1.54) is 142 Å². The van der Waals surface area contributed by atoms with Crippen molar-refractivity contribution in [2.75, 3.05) is 86.2 Å². The molecule has 0 spiro atoms. The van der Waals surface area contributed by atoms with Crippen molar-refractivity contribution in [3.63, 3.8) is 0 Å². The number of aromatic nitrogens is 5. The number of nitrogens with one attached hydrogen (secondary N) is 10. The van der Waals surface area contributed by atoms with Crippen LogP contribution in [0.4, 0.5) is 85.3 Å². The van der Waals surface area contributed by atoms with Crippen LogP contribution in [0.5, 0.6) is 0 Å². The van der Waals surface area contributed by atoms with Gasteiger partial charge in [-0.3, -0.25) is 147 Å². The van der Waals surface area contributed by atoms with Gasteiger partial charge in [0, 0.05) is 160 Å². The number of esters is 5. The first kappa shape index (κ1) is 101. The SMILES string of the molecule is CCOC(=O)C1(C)C(=O)Nc2cc(NC(=O)c3cccnc3)c([N+](=O)[O-])cc21.CCOC(=O)C1(CC)C(=O)Nc2cc(NC(=O)c3cccnc3)c([N+](=O)[O-])cc21.CCOC(=O)C1(CC)C(=O)Nc2cc(NC(=O)c3ccncc3)c([N+](=O)[O-])cc21.CCOC(=O)C1C(=O)Nc2cc(NC(=O)c3cccnc3)c([N+](=O)[O-])cc21.CCOC(=O)C1C(=O)Nc2cc(NC(=O)c3ccncc3)c([N+](=O)[O-])cc21. The van der Waals surface area contributed by atoms with Gasteiger partial charge in [0.15, 0.2) is 28.1 Å². The number of nitrogens with zero attached hydrogens (tertiary/aromatic N) is 10. The molecule has 5 aromatic heterocycles. The lowest BCUT2D eigenvalue weighted by Gasteiger charge is -2.23. The monoisotopic (exact) mass is 1920 g/mol. The molecule has 5 aliphatic heterocycles. The smallest absolute Gasteiger partial charge is 0.326 e. The predicted octanol–water partition coefficient (Wildman–Crippen LogP) is 10.5. The molecule has 10 aromatic rings. The highest BCUT2D eigenvalue weighted by Gasteiger charge is 2.57. The minimum Gasteiger partial charge on any atom is -0.465 e. The average Bonchev–Trinajstić information content (AvgIpc) is 1.58. The zero-order valence-electron chi connectivity index (χ0n) is 74.6. The first-order valence-electron chi connectivity index (χ1n) is 41.9. The number of fused-ring (bicyclic) bond motifs is 5. The summed E-state index contributed by atoms with van der Waals surface area (Å²) < 4.78 is 24.8. The van der Waals surface area contributed by atoms with Gasteiger partial charge >= 0.3 is 29.8 Å². The molecule has 10 heterocycles. The number of pyridine rings is 5. The van der Waals surface area contributed by atoms with Gasteiger partial charge in [-0.1, -0.05) is 13.8 Å². The van der Waals surface area contributed by atoms with Crippen LogP contribution in [-0.4, -0.2) is 171 Å². The van der Waals surface area contributed by atoms with Crippen LogP contribution in [-0.2, 0) is 87.9 Å². The molecule has 0 bridgehead atoms. The van der Waals surface area contributed by atoms with Crippen LogP contribution in [0.2, 0.25) is 0 Å². The van der Waals surface area contributed by atoms with E-state index in [1.807, 2.05) is 0 Å². The summed E-state index contributed by atoms with van der Waals surface area (Å²) in [5.41, 5.74) is -5.05. The lowest BCUT2D eigenvalue weighted by atomic mass is 9.79. The minimum absolute atomic E-state index is 0.0540. The molecule has 5 aliphatic rings. The lowest BCUT2D eigenvalue weighted by Crippen LogP contribution is -2.43. The summed E-state index contributed by atoms with van der Waals surface area (Å²) in [5.74, 6) is -12.7. The van der Waals surface area contributed by atoms with E-state index in [9.17, 15) is 122 Å². The highest BCUT2D eigenvalue weighted by Crippen LogP contribution is 2.50. The molecule has 5 aromatic carbocycles. The van der Waals surface area contributed by atoms with Gasteiger partial charge in [-0.15, -0.1) is 0 Å². The van der Waals surface area contributed by atoms with Gasteiger partial charge in [0.2, 0.25) is 29.5 Å². The van der Waals surface area contributed by atoms with E-state index >= 15 is 0 Å². The van der Waals surface area contributed by atoms with Crippen LogP contribution in [0.15, 0.2) is 183 Å². The summed E-state index contributed by atoms with van der Waals surface area (Å²) >= 11 is 0. The van der Waals surface area contributed by atoms with Gasteiger partial charge in [0.05, 0.1) is 74.3 Å². The average molecular weight is 1920 g/mol. The number of ether oxygens (including phenoxy) is 5. The number of hydrogen-bond donors (Lipinski definition) is 10. The molecule has 0 radical (unpaired) electrons. The second kappa shape index (κ2) is 43.7. The van der Waals surface area contributed by atoms with Crippen LogP contribution in [0.25, 0.3) is 0 Å². The topological polar surface area (TPSA) is 703 Å². The Hall–Kier alpha value is -19.1. The van der Waals surface area contributed by atoms with Crippen molar-refractivity contribution in [1.29, 1.82) is 0 Å². The number of anilines is 10. The molecule has 50 heteroatoms. The highest BCUT2D eigenvalue weighted by molar-refractivity contribution is 6.24. The Labute approximate surface area is 788 Å². The summed E-state index contributed by atoms with van der Waals surface area (Å²) in [6.07, 6.45) is 14.2. The Morgan fingerprint density at radius 3 is 0.886 bits per heavy atom. The number of nitro groups is 5. The first-order chi connectivity index (χ1) is 66.8. The molecule has 50 nitrogen and oxygen atoms in total. The largest absolute Gasteiger partial charge is 0.465 e. The number of carbonyl (C=O) groups is 15. The fourth-order valence-electron chi connectivity index (χ4n) is 14.9. The molecule has 5 atom stereocenters. The molecular formula is C90H80N20O30. The van der Waals surface area contributed by atoms with E-state index in [4.69, 9.17) is 23.7 Å². The molecule has 0 saturated carbocycles. The van der Waals surface area contributed by atoms with E-state index in [1.54, 1.807) is 66.7 Å². The van der Waals surface area contributed by atoms with Gasteiger partial charge in [0.1, 0.15) is 28.4 Å². The Morgan fingerprint density at radius 1 is 0.329 bits per heavy atom. The van der Waals surface area contributed by atoms with Gasteiger partial charge in [-0.05, 0) is 145 Å². The predicted molar refractivity (Wildman–Crippen MR) is 490 cm³/mol. The number of carbonyl (C=O) groups excluding carboxylic acids is 15. The maximum Gasteiger partial charge on any atom is 0.326 e. The van der Waals surface area contributed by atoms with Crippen molar-refractivity contribution in [3.8, 4) is 0 Å². The number of benzene rings is 5. The Bertz CT molecular complexity index is 6430. The van der Waals surface area contributed by atoms with Crippen molar-refractivity contribution in [3.05, 3.63) is 290 Å². The maximum absolute atomic E-state index is 12.7. The third kappa shape index (κ3) is 21.1. The summed E-state index contributed by atoms with van der Waals surface area (Å²) in [4.78, 5) is 259. The Kier molecular flexibility index (Phi) is 31.7. The van der Waals surface area contributed by atoms with Gasteiger partial charge < -0.3 is 76.9 Å². The molecule has 140 heavy (non-hydrogen) atoms. The highest BCUT2D eigenvalue weighted by atomic mass is 16.6. The summed E-state index contributed by atoms with van der Waals surface area (Å²) in [6.45, 7) is 12.9. The van der Waals surface area contributed by atoms with E-state index in [0.29, 0.717) is 0 Å². The standard InChI is InChI=1S/2C19H18N4O6.C18H16N4O6.2C17H14N4O6/c1-3-19(18(26)29-4-2)12-9-15(23(27)28)14(10-13(12)22-17(19)25)21-16(24)11-5-7-20-8-6-11;1-3-19(18(26)29-4-2)12-8-15(23(27)28)14(9-13(12)22-17(19)25)21-16(24)11-6-5-7-20-10-11;1-3-28-17(25)18(2)11-7-14(22(26)27)13(8-12(11)21-16(18)24)20-15(23)10-5-4-6-19-9-10;1-2-27-17(24)14-10-7-13(21(25)26)12(8-11(10)19-16(14)23)20-15(22)9-3-5-18-6-4-9;1-2-27-17(24)14-10-6-13(21(25)26)12(7-11(10)19-16(14)23)20-15(22)9-4-3-5-18-8-9/h2*5-10H,3-4H2,1-2H3,(H,21,24)(H,22,25);4-9H,3H2,1-2H3,(H,20,23)(H,21,24);2*3-8,14H,2H2,1H3,(H,19,23)(H,20,22). The van der Waals surface area contributed by atoms with Gasteiger partial charge in [-0.25, -0.2) is 0 Å². The quantitative estimate of drug-likeness (QED) is 0.00751. The van der Waals surface area contributed by atoms with Crippen molar-refractivity contribution in [2.45, 2.75) is 96.3 Å². The molecule has 0 aliphatic carbocycles. The van der Waals surface area contributed by atoms with Crippen molar-refractivity contribution in [2.24, 2.45) is 0 Å². The van der Waals surface area contributed by atoms with Crippen molar-refractivity contribution in [1.82, 2.24) is 24.9 Å². The summed E-state index contributed by atoms with van der Waals surface area (Å²) in [7, 11) is 0. The van der Waals surface area contributed by atoms with Crippen molar-refractivity contribution >= 4 is 174 Å². The molecule has 10 N–H and O–H groups in total. The van der Waals surface area contributed by atoms with Gasteiger partial charge in [-0.2, -0.15) is 0 Å². The van der Waals surface area contributed by atoms with Crippen LogP contribution >= 0.6 is 0 Å². The third-order valence-electron chi connectivity index (χ3n) is 21.8. The van der Waals surface area contributed by atoms with Crippen LogP contribution in [0.1, 0.15) is 160 Å². The number of nitro benzene ring substituents is 5. The van der Waals surface area contributed by atoms with E-state index < -0.39 is 170 Å². The molecule has 720 valence electrons. The first-order valence-corrected chi connectivity index (χ1v) is 41.9. The number of hydrogen-bond acceptors (Lipinski definition) is 35. The fourth-order valence-corrected chi connectivity index (χ4v) is 14.9. The van der Waals surface area contributed by atoms with Gasteiger partial charge in [0.25, 0.3) is 58.0 Å². The fraction of sp³-hybridized carbons (Fsp3) is 0.222. The number of amides is 10. The Morgan fingerprint density at radius 2 is 0.600 bits per heavy atom. The van der Waals surface area contributed by atoms with Crippen LogP contribution < -0.4 is 53.2 Å². The van der Waals surface area contributed by atoms with E-state index in [-0.39, 0.29) is 158 Å². The molecule has 5 unspecified atom stereocenters. The number of rotatable bonds is 27. The van der Waals surface area contributed by atoms with E-state index in [2.05, 4.69) is 78.1 Å². The zero-order chi connectivity index (χ0) is 102. The second-order valence-electron chi connectivity index (χ2n) is 29.9. The molecular weight excluding hydrogens is 1840 g/mol. The van der Waals surface area contributed by atoms with Crippen LogP contribution in [0, 0.1) is 50.6 Å². The lowest BCUT2D eigenvalue weighted by molar-refractivity contribution is -0.384. The molecule has 0 saturated heterocycles. The molecule has 15 rings (SSSR count). The molecule has 10 amide bonds.